The van der Waals surface area contributed by atoms with Gasteiger partial charge in [-0.2, -0.15) is 0 Å². The quantitative estimate of drug-likeness (QED) is 0.687. The van der Waals surface area contributed by atoms with Gasteiger partial charge in [0, 0.05) is 32.4 Å². The normalized spacial score (nSPS) is 17.9. The van der Waals surface area contributed by atoms with Crippen LogP contribution in [0.15, 0.2) is 54.6 Å². The third-order valence-corrected chi connectivity index (χ3v) is 5.30. The second kappa shape index (κ2) is 9.48. The van der Waals surface area contributed by atoms with Gasteiger partial charge in [-0.25, -0.2) is 0 Å². The molecule has 0 spiro atoms. The van der Waals surface area contributed by atoms with E-state index in [0.717, 1.165) is 24.1 Å². The van der Waals surface area contributed by atoms with Crippen molar-refractivity contribution in [2.75, 3.05) is 32.0 Å². The van der Waals surface area contributed by atoms with Crippen LogP contribution in [-0.4, -0.2) is 60.0 Å². The summed E-state index contributed by atoms with van der Waals surface area (Å²) in [5.74, 6) is -0.0197. The summed E-state index contributed by atoms with van der Waals surface area (Å²) >= 11 is 0. The highest BCUT2D eigenvalue weighted by Gasteiger charge is 2.28. The molecule has 6 heteroatoms. The molecule has 0 bridgehead atoms. The molecule has 0 aromatic heterocycles. The number of anilines is 1. The average Bonchev–Trinajstić information content (AvgIpc) is 3.13. The molecular formula is C22H27N3O3. The molecule has 28 heavy (non-hydrogen) atoms. The zero-order valence-electron chi connectivity index (χ0n) is 16.1. The predicted octanol–water partition coefficient (Wildman–Crippen LogP) is 2.06. The minimum absolute atomic E-state index is 0.0197. The molecule has 0 unspecified atom stereocenters. The van der Waals surface area contributed by atoms with E-state index in [1.54, 1.807) is 11.0 Å². The molecule has 1 fully saturated rings. The van der Waals surface area contributed by atoms with E-state index in [2.05, 4.69) is 10.2 Å². The van der Waals surface area contributed by atoms with Crippen molar-refractivity contribution in [1.82, 2.24) is 9.80 Å². The lowest BCUT2D eigenvalue weighted by Crippen LogP contribution is -2.39. The van der Waals surface area contributed by atoms with E-state index in [4.69, 9.17) is 0 Å². The van der Waals surface area contributed by atoms with E-state index >= 15 is 0 Å². The summed E-state index contributed by atoms with van der Waals surface area (Å²) in [6.07, 6.45) is 1.31. The SMILES string of the molecule is CN(C(=O)Cc1ccccc1NC=O)[C@H](CN1CC[C@H](O)C1)c1ccccc1. The monoisotopic (exact) mass is 381 g/mol. The molecule has 2 atom stereocenters. The fourth-order valence-electron chi connectivity index (χ4n) is 3.69. The predicted molar refractivity (Wildman–Crippen MR) is 109 cm³/mol. The minimum Gasteiger partial charge on any atom is -0.392 e. The summed E-state index contributed by atoms with van der Waals surface area (Å²) in [7, 11) is 1.82. The number of para-hydroxylation sites is 1. The van der Waals surface area contributed by atoms with Gasteiger partial charge in [0.05, 0.1) is 18.6 Å². The van der Waals surface area contributed by atoms with Crippen molar-refractivity contribution in [3.05, 3.63) is 65.7 Å². The number of carbonyl (C=O) groups excluding carboxylic acids is 2. The molecule has 1 heterocycles. The number of hydrogen-bond acceptors (Lipinski definition) is 4. The summed E-state index contributed by atoms with van der Waals surface area (Å²) in [6.45, 7) is 2.15. The Bertz CT molecular complexity index is 797. The molecule has 1 aliphatic rings. The van der Waals surface area contributed by atoms with Gasteiger partial charge in [-0.15, -0.1) is 0 Å². The third kappa shape index (κ3) is 4.97. The van der Waals surface area contributed by atoms with E-state index in [1.807, 2.05) is 55.6 Å². The number of nitrogens with zero attached hydrogens (tertiary/aromatic N) is 2. The standard InChI is InChI=1S/C22H27N3O3/c1-24(22(28)13-18-9-5-6-10-20(18)23-16-26)21(17-7-3-2-4-8-17)15-25-12-11-19(27)14-25/h2-10,16,19,21,27H,11-15H2,1H3,(H,23,26)/t19-,21+/m0/s1. The second-order valence-corrected chi connectivity index (χ2v) is 7.23. The number of hydrogen-bond donors (Lipinski definition) is 2. The number of carbonyl (C=O) groups is 2. The van der Waals surface area contributed by atoms with Crippen LogP contribution in [0.1, 0.15) is 23.6 Å². The van der Waals surface area contributed by atoms with Gasteiger partial charge in [-0.05, 0) is 23.6 Å². The lowest BCUT2D eigenvalue weighted by atomic mass is 10.0. The molecule has 3 rings (SSSR count). The first-order valence-corrected chi connectivity index (χ1v) is 9.57. The van der Waals surface area contributed by atoms with E-state index in [0.29, 0.717) is 25.2 Å². The Morgan fingerprint density at radius 1 is 1.25 bits per heavy atom. The van der Waals surface area contributed by atoms with E-state index in [9.17, 15) is 14.7 Å². The molecule has 0 radical (unpaired) electrons. The molecule has 1 saturated heterocycles. The molecule has 2 amide bonds. The van der Waals surface area contributed by atoms with Crippen LogP contribution in [0, 0.1) is 0 Å². The van der Waals surface area contributed by atoms with Crippen LogP contribution in [0.5, 0.6) is 0 Å². The molecular weight excluding hydrogens is 354 g/mol. The second-order valence-electron chi connectivity index (χ2n) is 7.23. The Kier molecular flexibility index (Phi) is 6.79. The fourth-order valence-corrected chi connectivity index (χ4v) is 3.69. The minimum atomic E-state index is -0.293. The smallest absolute Gasteiger partial charge is 0.227 e. The Morgan fingerprint density at radius 3 is 2.64 bits per heavy atom. The first kappa shape index (κ1) is 20.0. The molecule has 1 aliphatic heterocycles. The molecule has 2 aromatic carbocycles. The zero-order valence-corrected chi connectivity index (χ0v) is 16.1. The number of amides is 2. The van der Waals surface area contributed by atoms with Crippen LogP contribution in [0.25, 0.3) is 0 Å². The third-order valence-electron chi connectivity index (χ3n) is 5.30. The van der Waals surface area contributed by atoms with E-state index < -0.39 is 0 Å². The fraction of sp³-hybridized carbons (Fsp3) is 0.364. The maximum absolute atomic E-state index is 13.1. The lowest BCUT2D eigenvalue weighted by molar-refractivity contribution is -0.131. The van der Waals surface area contributed by atoms with E-state index in [1.165, 1.54) is 0 Å². The zero-order chi connectivity index (χ0) is 19.9. The van der Waals surface area contributed by atoms with Gasteiger partial charge in [0.15, 0.2) is 0 Å². The number of aliphatic hydroxyl groups excluding tert-OH is 1. The summed E-state index contributed by atoms with van der Waals surface area (Å²) in [6, 6.07) is 17.2. The maximum Gasteiger partial charge on any atom is 0.227 e. The van der Waals surface area contributed by atoms with Gasteiger partial charge in [0.2, 0.25) is 12.3 Å². The van der Waals surface area contributed by atoms with E-state index in [-0.39, 0.29) is 24.5 Å². The van der Waals surface area contributed by atoms with Crippen molar-refractivity contribution in [3.63, 3.8) is 0 Å². The first-order valence-electron chi connectivity index (χ1n) is 9.57. The van der Waals surface area contributed by atoms with Gasteiger partial charge in [-0.3, -0.25) is 14.5 Å². The van der Waals surface area contributed by atoms with Crippen LogP contribution >= 0.6 is 0 Å². The van der Waals surface area contributed by atoms with Crippen molar-refractivity contribution >= 4 is 18.0 Å². The average molecular weight is 381 g/mol. The molecule has 2 aromatic rings. The number of nitrogens with one attached hydrogen (secondary N) is 1. The highest BCUT2D eigenvalue weighted by Crippen LogP contribution is 2.24. The summed E-state index contributed by atoms with van der Waals surface area (Å²) in [4.78, 5) is 27.9. The number of likely N-dealkylation sites (tertiary alicyclic amines) is 1. The number of aliphatic hydroxyl groups is 1. The van der Waals surface area contributed by atoms with Gasteiger partial charge in [0.1, 0.15) is 0 Å². The van der Waals surface area contributed by atoms with Crippen LogP contribution in [0.4, 0.5) is 5.69 Å². The molecule has 6 nitrogen and oxygen atoms in total. The van der Waals surface area contributed by atoms with Crippen molar-refractivity contribution in [3.8, 4) is 0 Å². The summed E-state index contributed by atoms with van der Waals surface area (Å²) in [5.41, 5.74) is 2.51. The number of β-amino-alcohol motifs (C(OH)–C–C–N with tert-alkyl or cyclic N) is 1. The van der Waals surface area contributed by atoms with Crippen molar-refractivity contribution < 1.29 is 14.7 Å². The number of likely N-dealkylation sites (N-methyl/N-ethyl adjacent to an activating group) is 1. The Labute approximate surface area is 165 Å². The van der Waals surface area contributed by atoms with Crippen LogP contribution in [0.3, 0.4) is 0 Å². The summed E-state index contributed by atoms with van der Waals surface area (Å²) in [5, 5.41) is 12.5. The van der Waals surface area contributed by atoms with Crippen LogP contribution in [0.2, 0.25) is 0 Å². The Balaban J connectivity index is 1.77. The highest BCUT2D eigenvalue weighted by molar-refractivity contribution is 5.83. The van der Waals surface area contributed by atoms with Crippen molar-refractivity contribution in [2.24, 2.45) is 0 Å². The van der Waals surface area contributed by atoms with Gasteiger partial charge < -0.3 is 15.3 Å². The highest BCUT2D eigenvalue weighted by atomic mass is 16.3. The largest absolute Gasteiger partial charge is 0.392 e. The Morgan fingerprint density at radius 2 is 1.96 bits per heavy atom. The number of benzene rings is 2. The maximum atomic E-state index is 13.1. The molecule has 0 aliphatic carbocycles. The summed E-state index contributed by atoms with van der Waals surface area (Å²) < 4.78 is 0. The number of rotatable bonds is 8. The molecule has 0 saturated carbocycles. The molecule has 148 valence electrons. The Hall–Kier alpha value is -2.70. The van der Waals surface area contributed by atoms with Gasteiger partial charge in [-0.1, -0.05) is 48.5 Å². The van der Waals surface area contributed by atoms with Gasteiger partial charge >= 0.3 is 0 Å². The first-order chi connectivity index (χ1) is 13.6. The topological polar surface area (TPSA) is 72.9 Å². The lowest BCUT2D eigenvalue weighted by Gasteiger charge is -2.32. The van der Waals surface area contributed by atoms with Crippen LogP contribution < -0.4 is 5.32 Å². The van der Waals surface area contributed by atoms with Crippen molar-refractivity contribution in [1.29, 1.82) is 0 Å². The van der Waals surface area contributed by atoms with Gasteiger partial charge in [0.25, 0.3) is 0 Å². The van der Waals surface area contributed by atoms with Crippen molar-refractivity contribution in [2.45, 2.75) is 25.0 Å². The van der Waals surface area contributed by atoms with Crippen LogP contribution in [-0.2, 0) is 16.0 Å². The molecule has 2 N–H and O–H groups in total.